The minimum absolute atomic E-state index is 0.0565. The third kappa shape index (κ3) is 4.80. The summed E-state index contributed by atoms with van der Waals surface area (Å²) in [5.41, 5.74) is 1.15. The summed E-state index contributed by atoms with van der Waals surface area (Å²) in [4.78, 5) is 16.6. The highest BCUT2D eigenvalue weighted by atomic mass is 79.9. The van der Waals surface area contributed by atoms with Crippen molar-refractivity contribution in [2.24, 2.45) is 0 Å². The maximum Gasteiger partial charge on any atom is 0.416 e. The molecule has 12 heteroatoms. The lowest BCUT2D eigenvalue weighted by atomic mass is 10.1. The first-order valence-electron chi connectivity index (χ1n) is 10.3. The zero-order valence-corrected chi connectivity index (χ0v) is 20.4. The van der Waals surface area contributed by atoms with Crippen molar-refractivity contribution in [3.8, 4) is 0 Å². The molecule has 2 aromatic carbocycles. The molecule has 1 aromatic heterocycles. The van der Waals surface area contributed by atoms with Crippen LogP contribution in [-0.2, 0) is 32.2 Å². The van der Waals surface area contributed by atoms with Crippen molar-refractivity contribution in [3.05, 3.63) is 58.2 Å². The van der Waals surface area contributed by atoms with E-state index in [1.165, 1.54) is 29.6 Å². The molecule has 3 aromatic rings. The molecule has 7 nitrogen and oxygen atoms in total. The van der Waals surface area contributed by atoms with Crippen LogP contribution in [0, 0.1) is 0 Å². The topological polar surface area (TPSA) is 82.7 Å². The first-order valence-corrected chi connectivity index (χ1v) is 12.5. The number of ether oxygens (including phenoxy) is 1. The molecule has 0 saturated carbocycles. The number of piperazine rings is 1. The Balaban J connectivity index is 1.51. The highest BCUT2D eigenvalue weighted by molar-refractivity contribution is 9.10. The average Bonchev–Trinajstić information content (AvgIpc) is 3.19. The van der Waals surface area contributed by atoms with Gasteiger partial charge in [0.25, 0.3) is 0 Å². The number of halogens is 4. The molecule has 182 valence electrons. The maximum atomic E-state index is 13.3. The molecule has 1 saturated heterocycles. The number of nitrogens with zero attached hydrogens (tertiary/aromatic N) is 2. The fourth-order valence-electron chi connectivity index (χ4n) is 3.94. The molecule has 0 radical (unpaired) electrons. The minimum atomic E-state index is -4.40. The van der Waals surface area contributed by atoms with Gasteiger partial charge in [0.15, 0.2) is 0 Å². The van der Waals surface area contributed by atoms with Gasteiger partial charge < -0.3 is 14.6 Å². The Morgan fingerprint density at radius 1 is 1.12 bits per heavy atom. The first-order chi connectivity index (χ1) is 16.0. The lowest BCUT2D eigenvalue weighted by Gasteiger charge is -2.35. The van der Waals surface area contributed by atoms with Crippen molar-refractivity contribution in [3.63, 3.8) is 0 Å². The molecule has 0 atom stereocenters. The van der Waals surface area contributed by atoms with Gasteiger partial charge >= 0.3 is 12.1 Å². The van der Waals surface area contributed by atoms with Crippen molar-refractivity contribution in [1.29, 1.82) is 0 Å². The molecule has 0 unspecified atom stereocenters. The summed E-state index contributed by atoms with van der Waals surface area (Å²) in [7, 11) is -2.53. The predicted octanol–water partition coefficient (Wildman–Crippen LogP) is 4.18. The number of nitrogens with one attached hydrogen (secondary N) is 1. The van der Waals surface area contributed by atoms with E-state index in [-0.39, 0.29) is 24.4 Å². The smallest absolute Gasteiger partial charge is 0.416 e. The van der Waals surface area contributed by atoms with Gasteiger partial charge in [0.05, 0.1) is 24.0 Å². The van der Waals surface area contributed by atoms with Gasteiger partial charge in [-0.05, 0) is 57.9 Å². The monoisotopic (exact) mass is 559 g/mol. The van der Waals surface area contributed by atoms with E-state index in [0.717, 1.165) is 12.1 Å². The number of sulfonamides is 1. The molecule has 0 amide bonds. The minimum Gasteiger partial charge on any atom is -0.469 e. The normalized spacial score (nSPS) is 15.6. The average molecular weight is 560 g/mol. The summed E-state index contributed by atoms with van der Waals surface area (Å²) in [6.07, 6.45) is -2.70. The number of aromatic amines is 1. The van der Waals surface area contributed by atoms with Crippen LogP contribution < -0.4 is 4.90 Å². The van der Waals surface area contributed by atoms with Crippen molar-refractivity contribution >= 4 is 48.5 Å². The van der Waals surface area contributed by atoms with Gasteiger partial charge in [0, 0.05) is 53.4 Å². The molecule has 0 spiro atoms. The van der Waals surface area contributed by atoms with Gasteiger partial charge in [0.2, 0.25) is 10.0 Å². The van der Waals surface area contributed by atoms with E-state index < -0.39 is 27.7 Å². The van der Waals surface area contributed by atoms with Crippen molar-refractivity contribution in [1.82, 2.24) is 9.29 Å². The molecule has 1 aliphatic rings. The molecule has 1 fully saturated rings. The van der Waals surface area contributed by atoms with Gasteiger partial charge in [-0.1, -0.05) is 0 Å². The number of benzene rings is 2. The second-order valence-electron chi connectivity index (χ2n) is 7.83. The quantitative estimate of drug-likeness (QED) is 0.474. The second kappa shape index (κ2) is 9.23. The Bertz CT molecular complexity index is 1320. The molecular formula is C22H21BrF3N3O4S. The van der Waals surface area contributed by atoms with E-state index in [4.69, 9.17) is 4.74 Å². The van der Waals surface area contributed by atoms with Gasteiger partial charge in [-0.25, -0.2) is 8.42 Å². The first kappa shape index (κ1) is 24.6. The Morgan fingerprint density at radius 3 is 2.35 bits per heavy atom. The van der Waals surface area contributed by atoms with Crippen LogP contribution in [0.2, 0.25) is 0 Å². The molecule has 34 heavy (non-hydrogen) atoms. The summed E-state index contributed by atoms with van der Waals surface area (Å²) in [5, 5.41) is 0.711. The van der Waals surface area contributed by atoms with Gasteiger partial charge in [-0.2, -0.15) is 17.5 Å². The van der Waals surface area contributed by atoms with Crippen LogP contribution in [0.3, 0.4) is 0 Å². The molecular weight excluding hydrogens is 539 g/mol. The van der Waals surface area contributed by atoms with Crippen LogP contribution >= 0.6 is 15.9 Å². The number of H-pyrrole nitrogens is 1. The summed E-state index contributed by atoms with van der Waals surface area (Å²) in [6.45, 7) is 1.06. The Labute approximate surface area is 202 Å². The molecule has 1 aliphatic heterocycles. The summed E-state index contributed by atoms with van der Waals surface area (Å²) in [6, 6.07) is 8.03. The number of rotatable bonds is 5. The van der Waals surface area contributed by atoms with Crippen LogP contribution in [0.25, 0.3) is 10.9 Å². The number of esters is 1. The van der Waals surface area contributed by atoms with Gasteiger partial charge in [-0.15, -0.1) is 0 Å². The second-order valence-corrected chi connectivity index (χ2v) is 10.6. The van der Waals surface area contributed by atoms with E-state index in [1.54, 1.807) is 12.3 Å². The summed E-state index contributed by atoms with van der Waals surface area (Å²) < 4.78 is 71.5. The van der Waals surface area contributed by atoms with E-state index in [9.17, 15) is 26.4 Å². The number of alkyl halides is 3. The standard InChI is InChI=1S/C22H21BrF3N3O4S/c1-33-21(30)10-14-13-27-19-12-20(18(23)11-17(14)19)34(31,32)29-8-6-28(7-9-29)16-4-2-15(3-5-16)22(24,25)26/h2-5,11-13,27H,6-10H2,1H3. The summed E-state index contributed by atoms with van der Waals surface area (Å²) in [5.74, 6) is -0.403. The van der Waals surface area contributed by atoms with Crippen molar-refractivity contribution in [2.45, 2.75) is 17.5 Å². The summed E-state index contributed by atoms with van der Waals surface area (Å²) >= 11 is 3.36. The van der Waals surface area contributed by atoms with E-state index >= 15 is 0 Å². The molecule has 4 rings (SSSR count). The highest BCUT2D eigenvalue weighted by Gasteiger charge is 2.32. The number of carbonyl (C=O) groups excluding carboxylic acids is 1. The zero-order valence-electron chi connectivity index (χ0n) is 18.0. The highest BCUT2D eigenvalue weighted by Crippen LogP contribution is 2.33. The largest absolute Gasteiger partial charge is 0.469 e. The van der Waals surface area contributed by atoms with E-state index in [0.29, 0.717) is 39.7 Å². The van der Waals surface area contributed by atoms with Crippen LogP contribution in [0.5, 0.6) is 0 Å². The molecule has 1 N–H and O–H groups in total. The Kier molecular flexibility index (Phi) is 6.67. The number of fused-ring (bicyclic) bond motifs is 1. The Hall–Kier alpha value is -2.57. The number of methoxy groups -OCH3 is 1. The third-order valence-electron chi connectivity index (χ3n) is 5.80. The molecule has 0 bridgehead atoms. The maximum absolute atomic E-state index is 13.3. The molecule has 0 aliphatic carbocycles. The number of hydrogen-bond donors (Lipinski definition) is 1. The predicted molar refractivity (Wildman–Crippen MR) is 124 cm³/mol. The fourth-order valence-corrected chi connectivity index (χ4v) is 6.39. The number of anilines is 1. The fraction of sp³-hybridized carbons (Fsp3) is 0.318. The van der Waals surface area contributed by atoms with Crippen LogP contribution in [0.15, 0.2) is 52.0 Å². The van der Waals surface area contributed by atoms with Gasteiger partial charge in [0.1, 0.15) is 0 Å². The van der Waals surface area contributed by atoms with E-state index in [1.807, 2.05) is 4.90 Å². The lowest BCUT2D eigenvalue weighted by molar-refractivity contribution is -0.140. The molecule has 2 heterocycles. The van der Waals surface area contributed by atoms with Crippen LogP contribution in [-0.4, -0.2) is 57.0 Å². The number of carbonyl (C=O) groups is 1. The lowest BCUT2D eigenvalue weighted by Crippen LogP contribution is -2.48. The number of aromatic nitrogens is 1. The zero-order chi connectivity index (χ0) is 24.7. The number of hydrogen-bond acceptors (Lipinski definition) is 5. The van der Waals surface area contributed by atoms with Crippen LogP contribution in [0.1, 0.15) is 11.1 Å². The van der Waals surface area contributed by atoms with Crippen molar-refractivity contribution < 1.29 is 31.1 Å². The third-order valence-corrected chi connectivity index (χ3v) is 8.66. The van der Waals surface area contributed by atoms with Crippen molar-refractivity contribution in [2.75, 3.05) is 38.2 Å². The SMILES string of the molecule is COC(=O)Cc1c[nH]c2cc(S(=O)(=O)N3CCN(c4ccc(C(F)(F)F)cc4)CC3)c(Br)cc12. The Morgan fingerprint density at radius 2 is 1.76 bits per heavy atom. The van der Waals surface area contributed by atoms with Gasteiger partial charge in [-0.3, -0.25) is 4.79 Å². The van der Waals surface area contributed by atoms with Crippen LogP contribution in [0.4, 0.5) is 18.9 Å². The van der Waals surface area contributed by atoms with E-state index in [2.05, 4.69) is 20.9 Å².